The van der Waals surface area contributed by atoms with Crippen LogP contribution in [0.1, 0.15) is 46.5 Å². The second-order valence-corrected chi connectivity index (χ2v) is 4.89. The first-order valence-corrected chi connectivity index (χ1v) is 7.33. The van der Waals surface area contributed by atoms with Gasteiger partial charge in [-0.25, -0.2) is 0 Å². The van der Waals surface area contributed by atoms with E-state index in [1.54, 1.807) is 0 Å². The number of hydrogen-bond donors (Lipinski definition) is 1. The summed E-state index contributed by atoms with van der Waals surface area (Å²) in [6.07, 6.45) is 4.23. The molecule has 0 saturated carbocycles. The summed E-state index contributed by atoms with van der Waals surface area (Å²) in [7, 11) is 0. The molecule has 0 aromatic heterocycles. The molecular formula is C14H28N2O2. The Hall–Kier alpha value is -0.610. The van der Waals surface area contributed by atoms with E-state index < -0.39 is 0 Å². The van der Waals surface area contributed by atoms with E-state index >= 15 is 0 Å². The molecule has 1 aliphatic heterocycles. The fourth-order valence-electron chi connectivity index (χ4n) is 2.47. The molecule has 4 heteroatoms. The molecule has 2 unspecified atom stereocenters. The zero-order chi connectivity index (χ0) is 13.4. The lowest BCUT2D eigenvalue weighted by Crippen LogP contribution is -2.41. The fraction of sp³-hybridized carbons (Fsp3) is 0.929. The van der Waals surface area contributed by atoms with Gasteiger partial charge in [-0.15, -0.1) is 0 Å². The van der Waals surface area contributed by atoms with Crippen molar-refractivity contribution in [3.8, 4) is 0 Å². The highest BCUT2D eigenvalue weighted by atomic mass is 16.5. The molecule has 106 valence electrons. The van der Waals surface area contributed by atoms with E-state index in [9.17, 15) is 4.79 Å². The molecule has 0 spiro atoms. The number of carbonyl (C=O) groups excluding carboxylic acids is 1. The smallest absolute Gasteiger partial charge is 0.223 e. The van der Waals surface area contributed by atoms with Crippen LogP contribution in [-0.4, -0.2) is 49.2 Å². The SMILES string of the molecule is CCC1CC(NCCC(=O)N(CC)CC)CCO1. The van der Waals surface area contributed by atoms with Crippen LogP contribution in [0.4, 0.5) is 0 Å². The zero-order valence-electron chi connectivity index (χ0n) is 12.1. The maximum Gasteiger partial charge on any atom is 0.223 e. The predicted octanol–water partition coefficient (Wildman–Crippen LogP) is 1.79. The topological polar surface area (TPSA) is 41.6 Å². The number of hydrogen-bond acceptors (Lipinski definition) is 3. The Morgan fingerprint density at radius 3 is 2.67 bits per heavy atom. The number of ether oxygens (including phenoxy) is 1. The van der Waals surface area contributed by atoms with Crippen molar-refractivity contribution in [1.29, 1.82) is 0 Å². The van der Waals surface area contributed by atoms with Gasteiger partial charge in [0.2, 0.25) is 5.91 Å². The molecule has 18 heavy (non-hydrogen) atoms. The van der Waals surface area contributed by atoms with E-state index in [1.807, 2.05) is 18.7 Å². The van der Waals surface area contributed by atoms with Gasteiger partial charge in [-0.2, -0.15) is 0 Å². The Balaban J connectivity index is 2.19. The molecule has 0 aliphatic carbocycles. The standard InChI is InChI=1S/C14H28N2O2/c1-4-13-11-12(8-10-18-13)15-9-7-14(17)16(5-2)6-3/h12-13,15H,4-11H2,1-3H3. The summed E-state index contributed by atoms with van der Waals surface area (Å²) in [5, 5.41) is 3.49. The molecule has 1 rings (SSSR count). The van der Waals surface area contributed by atoms with Gasteiger partial charge >= 0.3 is 0 Å². The van der Waals surface area contributed by atoms with Gasteiger partial charge < -0.3 is 15.0 Å². The molecule has 1 saturated heterocycles. The van der Waals surface area contributed by atoms with Crippen molar-refractivity contribution in [2.24, 2.45) is 0 Å². The minimum atomic E-state index is 0.256. The van der Waals surface area contributed by atoms with Crippen LogP contribution in [0.5, 0.6) is 0 Å². The predicted molar refractivity (Wildman–Crippen MR) is 73.6 cm³/mol. The molecular weight excluding hydrogens is 228 g/mol. The van der Waals surface area contributed by atoms with Crippen molar-refractivity contribution in [1.82, 2.24) is 10.2 Å². The summed E-state index contributed by atoms with van der Waals surface area (Å²) in [5.41, 5.74) is 0. The highest BCUT2D eigenvalue weighted by Gasteiger charge is 2.21. The van der Waals surface area contributed by atoms with Gasteiger partial charge in [0.1, 0.15) is 0 Å². The normalized spacial score (nSPS) is 23.9. The van der Waals surface area contributed by atoms with Crippen molar-refractivity contribution in [3.05, 3.63) is 0 Å². The van der Waals surface area contributed by atoms with Gasteiger partial charge in [0.05, 0.1) is 6.10 Å². The van der Waals surface area contributed by atoms with E-state index in [-0.39, 0.29) is 5.91 Å². The maximum atomic E-state index is 11.8. The van der Waals surface area contributed by atoms with Crippen molar-refractivity contribution in [3.63, 3.8) is 0 Å². The summed E-state index contributed by atoms with van der Waals surface area (Å²) >= 11 is 0. The lowest BCUT2D eigenvalue weighted by Gasteiger charge is -2.29. The monoisotopic (exact) mass is 256 g/mol. The maximum absolute atomic E-state index is 11.8. The summed E-state index contributed by atoms with van der Waals surface area (Å²) in [6.45, 7) is 9.47. The second kappa shape index (κ2) is 8.48. The number of rotatable bonds is 7. The Labute approximate surface area is 111 Å². The molecule has 4 nitrogen and oxygen atoms in total. The van der Waals surface area contributed by atoms with Crippen LogP contribution < -0.4 is 5.32 Å². The number of amides is 1. The molecule has 1 N–H and O–H groups in total. The lowest BCUT2D eigenvalue weighted by molar-refractivity contribution is -0.130. The second-order valence-electron chi connectivity index (χ2n) is 4.89. The highest BCUT2D eigenvalue weighted by Crippen LogP contribution is 2.16. The van der Waals surface area contributed by atoms with Crippen molar-refractivity contribution >= 4 is 5.91 Å². The quantitative estimate of drug-likeness (QED) is 0.755. The first-order valence-electron chi connectivity index (χ1n) is 7.33. The highest BCUT2D eigenvalue weighted by molar-refractivity contribution is 5.76. The van der Waals surface area contributed by atoms with E-state index in [1.165, 1.54) is 0 Å². The Morgan fingerprint density at radius 1 is 1.33 bits per heavy atom. The van der Waals surface area contributed by atoms with Crippen LogP contribution in [0.25, 0.3) is 0 Å². The third-order valence-electron chi connectivity index (χ3n) is 3.71. The van der Waals surface area contributed by atoms with Crippen LogP contribution in [0.3, 0.4) is 0 Å². The largest absolute Gasteiger partial charge is 0.378 e. The molecule has 1 heterocycles. The van der Waals surface area contributed by atoms with Crippen LogP contribution in [-0.2, 0) is 9.53 Å². The average molecular weight is 256 g/mol. The molecule has 0 aromatic rings. The zero-order valence-corrected chi connectivity index (χ0v) is 12.1. The summed E-state index contributed by atoms with van der Waals surface area (Å²) in [6, 6.07) is 0.521. The van der Waals surface area contributed by atoms with Crippen LogP contribution >= 0.6 is 0 Å². The van der Waals surface area contributed by atoms with Gasteiger partial charge in [0.25, 0.3) is 0 Å². The number of carbonyl (C=O) groups is 1. The van der Waals surface area contributed by atoms with Crippen LogP contribution in [0.15, 0.2) is 0 Å². The minimum absolute atomic E-state index is 0.256. The number of nitrogens with zero attached hydrogens (tertiary/aromatic N) is 1. The molecule has 2 atom stereocenters. The van der Waals surface area contributed by atoms with Crippen molar-refractivity contribution in [2.45, 2.75) is 58.6 Å². The van der Waals surface area contributed by atoms with Crippen LogP contribution in [0.2, 0.25) is 0 Å². The average Bonchev–Trinajstić information content (AvgIpc) is 2.40. The van der Waals surface area contributed by atoms with Gasteiger partial charge in [-0.1, -0.05) is 6.92 Å². The fourth-order valence-corrected chi connectivity index (χ4v) is 2.47. The van der Waals surface area contributed by atoms with E-state index in [2.05, 4.69) is 12.2 Å². The first kappa shape index (κ1) is 15.4. The lowest BCUT2D eigenvalue weighted by atomic mass is 10.0. The third kappa shape index (κ3) is 4.94. The third-order valence-corrected chi connectivity index (χ3v) is 3.71. The van der Waals surface area contributed by atoms with E-state index in [4.69, 9.17) is 4.74 Å². The van der Waals surface area contributed by atoms with E-state index in [0.29, 0.717) is 18.6 Å². The van der Waals surface area contributed by atoms with Gasteiger partial charge in [-0.05, 0) is 33.1 Å². The Kier molecular flexibility index (Phi) is 7.28. The minimum Gasteiger partial charge on any atom is -0.378 e. The first-order chi connectivity index (χ1) is 8.71. The Bertz CT molecular complexity index is 242. The summed E-state index contributed by atoms with van der Waals surface area (Å²) in [4.78, 5) is 13.7. The number of nitrogens with one attached hydrogen (secondary N) is 1. The summed E-state index contributed by atoms with van der Waals surface area (Å²) < 4.78 is 5.64. The van der Waals surface area contributed by atoms with Gasteiger partial charge in [0, 0.05) is 38.7 Å². The Morgan fingerprint density at radius 2 is 2.06 bits per heavy atom. The van der Waals surface area contributed by atoms with E-state index in [0.717, 1.165) is 45.5 Å². The molecule has 1 aliphatic rings. The van der Waals surface area contributed by atoms with Crippen LogP contribution in [0, 0.1) is 0 Å². The van der Waals surface area contributed by atoms with Crippen molar-refractivity contribution < 1.29 is 9.53 Å². The van der Waals surface area contributed by atoms with Crippen molar-refractivity contribution in [2.75, 3.05) is 26.2 Å². The molecule has 0 aromatic carbocycles. The molecule has 1 fully saturated rings. The molecule has 0 bridgehead atoms. The summed E-state index contributed by atoms with van der Waals surface area (Å²) in [5.74, 6) is 0.256. The molecule has 0 radical (unpaired) electrons. The van der Waals surface area contributed by atoms with Gasteiger partial charge in [-0.3, -0.25) is 4.79 Å². The molecule has 1 amide bonds. The van der Waals surface area contributed by atoms with Gasteiger partial charge in [0.15, 0.2) is 0 Å².